The Bertz CT molecular complexity index is 307. The Morgan fingerprint density at radius 1 is 1.19 bits per heavy atom. The zero-order valence-electron chi connectivity index (χ0n) is 10.6. The van der Waals surface area contributed by atoms with E-state index in [1.54, 1.807) is 0 Å². The van der Waals surface area contributed by atoms with E-state index >= 15 is 0 Å². The van der Waals surface area contributed by atoms with Crippen LogP contribution in [0.25, 0.3) is 0 Å². The van der Waals surface area contributed by atoms with Gasteiger partial charge < -0.3 is 10.4 Å². The van der Waals surface area contributed by atoms with Crippen molar-refractivity contribution in [1.82, 2.24) is 5.32 Å². The van der Waals surface area contributed by atoms with Gasteiger partial charge in [0, 0.05) is 0 Å². The van der Waals surface area contributed by atoms with E-state index in [0.29, 0.717) is 0 Å². The highest BCUT2D eigenvalue weighted by molar-refractivity contribution is 5.28. The zero-order chi connectivity index (χ0) is 12.0. The van der Waals surface area contributed by atoms with Crippen molar-refractivity contribution in [1.29, 1.82) is 0 Å². The van der Waals surface area contributed by atoms with Gasteiger partial charge in [0.2, 0.25) is 0 Å². The fraction of sp³-hybridized carbons (Fsp3) is 0.571. The maximum absolute atomic E-state index is 9.53. The number of aryl methyl sites for hydroxylation is 1. The maximum atomic E-state index is 9.53. The average Bonchev–Trinajstić information content (AvgIpc) is 2.36. The number of nitrogens with one attached hydrogen (secondary N) is 1. The smallest absolute Gasteiger partial charge is 0.0652 e. The topological polar surface area (TPSA) is 32.3 Å². The highest BCUT2D eigenvalue weighted by Crippen LogP contribution is 2.20. The normalized spacial score (nSPS) is 14.8. The van der Waals surface area contributed by atoms with Crippen LogP contribution < -0.4 is 5.32 Å². The largest absolute Gasteiger partial charge is 0.394 e. The zero-order valence-corrected chi connectivity index (χ0v) is 10.6. The minimum atomic E-state index is -0.317. The van der Waals surface area contributed by atoms with Gasteiger partial charge in [0.25, 0.3) is 0 Å². The van der Waals surface area contributed by atoms with E-state index in [4.69, 9.17) is 0 Å². The lowest BCUT2D eigenvalue weighted by Crippen LogP contribution is -2.43. The first-order valence-corrected chi connectivity index (χ1v) is 6.11. The summed E-state index contributed by atoms with van der Waals surface area (Å²) in [6.07, 6.45) is 2.13. The summed E-state index contributed by atoms with van der Waals surface area (Å²) in [6, 6.07) is 8.49. The molecule has 90 valence electrons. The summed E-state index contributed by atoms with van der Waals surface area (Å²) in [5, 5.41) is 12.9. The van der Waals surface area contributed by atoms with E-state index in [1.165, 1.54) is 5.56 Å². The Kier molecular flexibility index (Phi) is 4.97. The van der Waals surface area contributed by atoms with Gasteiger partial charge in [-0.25, -0.2) is 0 Å². The predicted octanol–water partition coefficient (Wildman–Crippen LogP) is 2.46. The molecule has 0 saturated carbocycles. The van der Waals surface area contributed by atoms with Gasteiger partial charge in [-0.2, -0.15) is 0 Å². The highest BCUT2D eigenvalue weighted by atomic mass is 16.3. The Balaban J connectivity index is 2.84. The molecule has 0 fully saturated rings. The monoisotopic (exact) mass is 221 g/mol. The molecule has 0 heterocycles. The van der Waals surface area contributed by atoms with Crippen molar-refractivity contribution in [3.63, 3.8) is 0 Å². The molecule has 2 nitrogen and oxygen atoms in total. The number of benzene rings is 1. The molecule has 1 atom stereocenters. The molecular formula is C14H23NO. The second-order valence-electron chi connectivity index (χ2n) is 4.47. The highest BCUT2D eigenvalue weighted by Gasteiger charge is 2.24. The van der Waals surface area contributed by atoms with Crippen LogP contribution in [0.15, 0.2) is 24.3 Å². The summed E-state index contributed by atoms with van der Waals surface area (Å²) in [5.74, 6) is 0. The number of aliphatic hydroxyl groups excluding tert-OH is 1. The third-order valence-electron chi connectivity index (χ3n) is 3.08. The first-order chi connectivity index (χ1) is 7.66. The molecule has 0 aliphatic rings. The molecule has 0 saturated heterocycles. The summed E-state index contributed by atoms with van der Waals surface area (Å²) in [5.41, 5.74) is 2.17. The second kappa shape index (κ2) is 6.02. The van der Waals surface area contributed by atoms with E-state index in [1.807, 2.05) is 6.92 Å². The molecule has 1 unspecified atom stereocenters. The van der Waals surface area contributed by atoms with Crippen molar-refractivity contribution < 1.29 is 5.11 Å². The Labute approximate surface area is 98.7 Å². The molecule has 2 heteroatoms. The molecule has 0 bridgehead atoms. The number of hydrogen-bond donors (Lipinski definition) is 2. The molecule has 0 aliphatic carbocycles. The molecule has 0 radical (unpaired) electrons. The Hall–Kier alpha value is -0.860. The molecule has 2 N–H and O–H groups in total. The third-order valence-corrected chi connectivity index (χ3v) is 3.08. The van der Waals surface area contributed by atoms with Gasteiger partial charge in [-0.3, -0.25) is 0 Å². The molecule has 1 rings (SSSR count). The van der Waals surface area contributed by atoms with Crippen LogP contribution in [0.4, 0.5) is 0 Å². The van der Waals surface area contributed by atoms with E-state index in [9.17, 15) is 5.11 Å². The summed E-state index contributed by atoms with van der Waals surface area (Å²) in [6.45, 7) is 7.37. The van der Waals surface area contributed by atoms with Crippen LogP contribution >= 0.6 is 0 Å². The molecule has 1 aromatic rings. The van der Waals surface area contributed by atoms with Crippen LogP contribution in [0.1, 0.15) is 38.3 Å². The third kappa shape index (κ3) is 3.06. The van der Waals surface area contributed by atoms with Crippen LogP contribution in [0.2, 0.25) is 0 Å². The first-order valence-electron chi connectivity index (χ1n) is 6.11. The van der Waals surface area contributed by atoms with Crippen LogP contribution in [0.5, 0.6) is 0 Å². The lowest BCUT2D eigenvalue weighted by Gasteiger charge is -2.29. The van der Waals surface area contributed by atoms with Crippen molar-refractivity contribution >= 4 is 0 Å². The van der Waals surface area contributed by atoms with Crippen molar-refractivity contribution in [2.24, 2.45) is 0 Å². The Morgan fingerprint density at radius 3 is 2.25 bits per heavy atom. The molecular weight excluding hydrogens is 198 g/mol. The summed E-state index contributed by atoms with van der Waals surface area (Å²) < 4.78 is 0. The van der Waals surface area contributed by atoms with Crippen molar-refractivity contribution in [3.05, 3.63) is 35.4 Å². The van der Waals surface area contributed by atoms with Crippen LogP contribution in [-0.2, 0) is 12.0 Å². The van der Waals surface area contributed by atoms with Gasteiger partial charge in [0.05, 0.1) is 12.1 Å². The minimum Gasteiger partial charge on any atom is -0.394 e. The molecule has 16 heavy (non-hydrogen) atoms. The van der Waals surface area contributed by atoms with E-state index in [2.05, 4.69) is 43.4 Å². The number of aliphatic hydroxyl groups is 1. The predicted molar refractivity (Wildman–Crippen MR) is 68.6 cm³/mol. The minimum absolute atomic E-state index is 0.123. The number of rotatable bonds is 6. The molecule has 0 aliphatic heterocycles. The quantitative estimate of drug-likeness (QED) is 0.773. The van der Waals surface area contributed by atoms with Gasteiger partial charge in [-0.15, -0.1) is 0 Å². The molecule has 0 amide bonds. The lowest BCUT2D eigenvalue weighted by atomic mass is 9.91. The summed E-state index contributed by atoms with van der Waals surface area (Å²) in [4.78, 5) is 0. The fourth-order valence-corrected chi connectivity index (χ4v) is 1.76. The Morgan fingerprint density at radius 2 is 1.81 bits per heavy atom. The van der Waals surface area contributed by atoms with Crippen LogP contribution in [-0.4, -0.2) is 18.3 Å². The van der Waals surface area contributed by atoms with Crippen molar-refractivity contribution in [2.75, 3.05) is 13.2 Å². The first kappa shape index (κ1) is 13.2. The van der Waals surface area contributed by atoms with Crippen LogP contribution in [0.3, 0.4) is 0 Å². The molecule has 0 spiro atoms. The molecule has 1 aromatic carbocycles. The van der Waals surface area contributed by atoms with E-state index in [-0.39, 0.29) is 12.1 Å². The molecule has 0 aromatic heterocycles. The van der Waals surface area contributed by atoms with Crippen LogP contribution in [0, 0.1) is 0 Å². The fourth-order valence-electron chi connectivity index (χ4n) is 1.76. The van der Waals surface area contributed by atoms with Gasteiger partial charge in [-0.1, -0.05) is 38.1 Å². The SMILES string of the molecule is CCCNC(C)(CO)c1ccc(CC)cc1. The summed E-state index contributed by atoms with van der Waals surface area (Å²) in [7, 11) is 0. The van der Waals surface area contributed by atoms with Crippen molar-refractivity contribution in [2.45, 2.75) is 39.2 Å². The lowest BCUT2D eigenvalue weighted by molar-refractivity contribution is 0.175. The maximum Gasteiger partial charge on any atom is 0.0652 e. The van der Waals surface area contributed by atoms with E-state index < -0.39 is 0 Å². The van der Waals surface area contributed by atoms with Gasteiger partial charge in [-0.05, 0) is 37.4 Å². The number of hydrogen-bond acceptors (Lipinski definition) is 2. The van der Waals surface area contributed by atoms with E-state index in [0.717, 1.165) is 24.9 Å². The van der Waals surface area contributed by atoms with Gasteiger partial charge >= 0.3 is 0 Å². The average molecular weight is 221 g/mol. The van der Waals surface area contributed by atoms with Gasteiger partial charge in [0.15, 0.2) is 0 Å². The summed E-state index contributed by atoms with van der Waals surface area (Å²) >= 11 is 0. The van der Waals surface area contributed by atoms with Gasteiger partial charge in [0.1, 0.15) is 0 Å². The van der Waals surface area contributed by atoms with Crippen molar-refractivity contribution in [3.8, 4) is 0 Å². The second-order valence-corrected chi connectivity index (χ2v) is 4.47. The standard InChI is InChI=1S/C14H23NO/c1-4-10-15-14(3,11-16)13-8-6-12(5-2)7-9-13/h6-9,15-16H,4-5,10-11H2,1-3H3.